The van der Waals surface area contributed by atoms with Crippen LogP contribution in [0.1, 0.15) is 24.9 Å². The van der Waals surface area contributed by atoms with Gasteiger partial charge in [-0.3, -0.25) is 4.90 Å². The highest BCUT2D eigenvalue weighted by molar-refractivity contribution is 7.80. The number of nitrogens with one attached hydrogen (secondary N) is 1. The summed E-state index contributed by atoms with van der Waals surface area (Å²) < 4.78 is 29.8. The molecule has 2 aliphatic rings. The summed E-state index contributed by atoms with van der Waals surface area (Å²) in [6.45, 7) is 2.91. The lowest BCUT2D eigenvalue weighted by molar-refractivity contribution is -0.136. The first-order valence-corrected chi connectivity index (χ1v) is 10.0. The average molecular weight is 428 g/mol. The van der Waals surface area contributed by atoms with E-state index in [-0.39, 0.29) is 5.82 Å². The van der Waals surface area contributed by atoms with Gasteiger partial charge in [0.15, 0.2) is 16.6 Å². The number of nitrogens with zero attached hydrogens (tertiary/aromatic N) is 1. The first kappa shape index (κ1) is 20.2. The van der Waals surface area contributed by atoms with Crippen molar-refractivity contribution in [1.82, 2.24) is 5.32 Å². The van der Waals surface area contributed by atoms with Crippen molar-refractivity contribution < 1.29 is 23.4 Å². The molecule has 156 valence electrons. The standard InChI is InChI=1S/C22H21FN2O4S/c1-3-16-19(21(26)27-2)20(13-4-6-14(23)7-5-13)24-22(30)25(16)15-8-9-17-18(12-15)29-11-10-28-17/h4-9,12,20H,3,10-11H2,1-2H3,(H,24,30)/t20-/m1/s1. The fourth-order valence-corrected chi connectivity index (χ4v) is 4.05. The summed E-state index contributed by atoms with van der Waals surface area (Å²) in [5.41, 5.74) is 2.59. The summed E-state index contributed by atoms with van der Waals surface area (Å²) >= 11 is 5.67. The van der Waals surface area contributed by atoms with Gasteiger partial charge in [-0.15, -0.1) is 0 Å². The maximum atomic E-state index is 13.4. The van der Waals surface area contributed by atoms with E-state index < -0.39 is 12.0 Å². The van der Waals surface area contributed by atoms with Gasteiger partial charge in [0, 0.05) is 11.8 Å². The van der Waals surface area contributed by atoms with Gasteiger partial charge < -0.3 is 19.5 Å². The van der Waals surface area contributed by atoms with E-state index in [4.69, 9.17) is 26.4 Å². The number of methoxy groups -OCH3 is 1. The predicted octanol–water partition coefficient (Wildman–Crippen LogP) is 3.87. The lowest BCUT2D eigenvalue weighted by Crippen LogP contribution is -2.48. The third-order valence-corrected chi connectivity index (χ3v) is 5.37. The lowest BCUT2D eigenvalue weighted by atomic mass is 9.93. The maximum Gasteiger partial charge on any atom is 0.337 e. The Hall–Kier alpha value is -3.13. The smallest absolute Gasteiger partial charge is 0.337 e. The third-order valence-electron chi connectivity index (χ3n) is 5.07. The van der Waals surface area contributed by atoms with Crippen molar-refractivity contribution >= 4 is 29.0 Å². The number of fused-ring (bicyclic) bond motifs is 1. The van der Waals surface area contributed by atoms with Crippen LogP contribution in [0.2, 0.25) is 0 Å². The molecule has 0 saturated carbocycles. The van der Waals surface area contributed by atoms with Gasteiger partial charge in [-0.1, -0.05) is 19.1 Å². The van der Waals surface area contributed by atoms with Crippen LogP contribution in [0.25, 0.3) is 0 Å². The molecule has 8 heteroatoms. The molecular formula is C22H21FN2O4S. The van der Waals surface area contributed by atoms with E-state index in [0.717, 1.165) is 5.69 Å². The topological polar surface area (TPSA) is 60.0 Å². The number of thiocarbonyl (C=S) groups is 1. The summed E-state index contributed by atoms with van der Waals surface area (Å²) in [6.07, 6.45) is 0.526. The third kappa shape index (κ3) is 3.59. The molecule has 1 N–H and O–H groups in total. The Kier molecular flexibility index (Phi) is 5.59. The molecule has 0 fully saturated rings. The second-order valence-corrected chi connectivity index (χ2v) is 7.19. The number of allylic oxidation sites excluding steroid dienone is 1. The molecule has 2 heterocycles. The summed E-state index contributed by atoms with van der Waals surface area (Å²) in [5.74, 6) is 0.464. The molecule has 0 aliphatic carbocycles. The van der Waals surface area contributed by atoms with E-state index in [9.17, 15) is 9.18 Å². The van der Waals surface area contributed by atoms with Gasteiger partial charge in [-0.25, -0.2) is 9.18 Å². The van der Waals surface area contributed by atoms with Crippen molar-refractivity contribution in [3.8, 4) is 11.5 Å². The summed E-state index contributed by atoms with van der Waals surface area (Å²) in [7, 11) is 1.34. The lowest BCUT2D eigenvalue weighted by Gasteiger charge is -2.38. The number of ether oxygens (including phenoxy) is 3. The zero-order chi connectivity index (χ0) is 21.3. The summed E-state index contributed by atoms with van der Waals surface area (Å²) in [4.78, 5) is 14.6. The zero-order valence-electron chi connectivity index (χ0n) is 16.6. The van der Waals surface area contributed by atoms with E-state index in [0.29, 0.717) is 53.1 Å². The molecule has 2 aliphatic heterocycles. The Morgan fingerprint density at radius 2 is 1.90 bits per heavy atom. The van der Waals surface area contributed by atoms with Crippen LogP contribution in [-0.2, 0) is 9.53 Å². The molecule has 2 aromatic rings. The van der Waals surface area contributed by atoms with E-state index >= 15 is 0 Å². The average Bonchev–Trinajstić information content (AvgIpc) is 2.78. The molecule has 1 atom stereocenters. The predicted molar refractivity (Wildman–Crippen MR) is 114 cm³/mol. The monoisotopic (exact) mass is 428 g/mol. The number of hydrogen-bond acceptors (Lipinski definition) is 5. The molecule has 0 saturated heterocycles. The number of halogens is 1. The first-order chi connectivity index (χ1) is 14.5. The van der Waals surface area contributed by atoms with E-state index in [2.05, 4.69) is 5.32 Å². The van der Waals surface area contributed by atoms with Crippen molar-refractivity contribution in [2.75, 3.05) is 25.2 Å². The van der Waals surface area contributed by atoms with Gasteiger partial charge in [-0.05, 0) is 48.5 Å². The Bertz CT molecular complexity index is 1020. The normalized spacial score (nSPS) is 18.2. The molecule has 30 heavy (non-hydrogen) atoms. The van der Waals surface area contributed by atoms with E-state index in [1.54, 1.807) is 17.0 Å². The van der Waals surface area contributed by atoms with Crippen LogP contribution < -0.4 is 19.7 Å². The van der Waals surface area contributed by atoms with Crippen molar-refractivity contribution in [3.63, 3.8) is 0 Å². The number of carbonyl (C=O) groups excluding carboxylic acids is 1. The van der Waals surface area contributed by atoms with Gasteiger partial charge in [0.2, 0.25) is 0 Å². The fourth-order valence-electron chi connectivity index (χ4n) is 3.71. The van der Waals surface area contributed by atoms with Crippen LogP contribution in [0.5, 0.6) is 11.5 Å². The molecule has 0 spiro atoms. The van der Waals surface area contributed by atoms with Crippen LogP contribution in [-0.4, -0.2) is 31.4 Å². The van der Waals surface area contributed by atoms with E-state index in [1.807, 2.05) is 25.1 Å². The molecule has 0 aromatic heterocycles. The van der Waals surface area contributed by atoms with Crippen LogP contribution >= 0.6 is 12.2 Å². The Balaban J connectivity index is 1.83. The van der Waals surface area contributed by atoms with Gasteiger partial charge in [0.1, 0.15) is 19.0 Å². The molecule has 4 rings (SSSR count). The highest BCUT2D eigenvalue weighted by Crippen LogP contribution is 2.39. The minimum atomic E-state index is -0.547. The molecule has 0 radical (unpaired) electrons. The fraction of sp³-hybridized carbons (Fsp3) is 0.273. The van der Waals surface area contributed by atoms with Crippen molar-refractivity contribution in [2.45, 2.75) is 19.4 Å². The maximum absolute atomic E-state index is 13.4. The highest BCUT2D eigenvalue weighted by Gasteiger charge is 2.36. The summed E-state index contributed by atoms with van der Waals surface area (Å²) in [5, 5.41) is 3.64. The quantitative estimate of drug-likeness (QED) is 0.586. The number of carbonyl (C=O) groups is 1. The molecule has 6 nitrogen and oxygen atoms in total. The first-order valence-electron chi connectivity index (χ1n) is 9.60. The minimum absolute atomic E-state index is 0.352. The minimum Gasteiger partial charge on any atom is -0.486 e. The molecule has 2 aromatic carbocycles. The number of esters is 1. The SMILES string of the molecule is CCC1=C(C(=O)OC)[C@@H](c2ccc(F)cc2)NC(=S)N1c1ccc2c(c1)OCCO2. The van der Waals surface area contributed by atoms with Crippen molar-refractivity contribution in [2.24, 2.45) is 0 Å². The number of anilines is 1. The second-order valence-electron chi connectivity index (χ2n) is 6.80. The Labute approximate surface area is 179 Å². The van der Waals surface area contributed by atoms with Crippen molar-refractivity contribution in [3.05, 3.63) is 65.1 Å². The molecule has 0 unspecified atom stereocenters. The van der Waals surface area contributed by atoms with Crippen LogP contribution in [0.3, 0.4) is 0 Å². The second kappa shape index (κ2) is 8.31. The number of benzene rings is 2. The highest BCUT2D eigenvalue weighted by atomic mass is 32.1. The van der Waals surface area contributed by atoms with Crippen LogP contribution in [0, 0.1) is 5.82 Å². The number of rotatable bonds is 4. The molecule has 0 bridgehead atoms. The van der Waals surface area contributed by atoms with Crippen LogP contribution in [0.15, 0.2) is 53.7 Å². The molecule has 0 amide bonds. The van der Waals surface area contributed by atoms with Crippen LogP contribution in [0.4, 0.5) is 10.1 Å². The Morgan fingerprint density at radius 3 is 2.57 bits per heavy atom. The summed E-state index contributed by atoms with van der Waals surface area (Å²) in [6, 6.07) is 11.0. The van der Waals surface area contributed by atoms with E-state index in [1.165, 1.54) is 19.2 Å². The molecular weight excluding hydrogens is 407 g/mol. The largest absolute Gasteiger partial charge is 0.486 e. The zero-order valence-corrected chi connectivity index (χ0v) is 17.4. The number of hydrogen-bond donors (Lipinski definition) is 1. The van der Waals surface area contributed by atoms with Gasteiger partial charge in [-0.2, -0.15) is 0 Å². The van der Waals surface area contributed by atoms with Gasteiger partial charge >= 0.3 is 5.97 Å². The Morgan fingerprint density at radius 1 is 1.20 bits per heavy atom. The van der Waals surface area contributed by atoms with Gasteiger partial charge in [0.05, 0.1) is 24.4 Å². The van der Waals surface area contributed by atoms with Crippen molar-refractivity contribution in [1.29, 1.82) is 0 Å². The van der Waals surface area contributed by atoms with Gasteiger partial charge in [0.25, 0.3) is 0 Å².